The molecule has 2 aliphatic rings. The van der Waals surface area contributed by atoms with E-state index in [1.807, 2.05) is 24.4 Å². The lowest BCUT2D eigenvalue weighted by Gasteiger charge is -2.25. The number of benzene rings is 1. The highest BCUT2D eigenvalue weighted by Crippen LogP contribution is 2.34. The van der Waals surface area contributed by atoms with Crippen molar-refractivity contribution in [3.8, 4) is 11.3 Å². The molecule has 36 heavy (non-hydrogen) atoms. The van der Waals surface area contributed by atoms with Gasteiger partial charge in [-0.25, -0.2) is 14.3 Å². The maximum atomic E-state index is 12.9. The van der Waals surface area contributed by atoms with E-state index in [0.29, 0.717) is 11.6 Å². The highest BCUT2D eigenvalue weighted by Gasteiger charge is 2.26. The van der Waals surface area contributed by atoms with Gasteiger partial charge in [0.25, 0.3) is 5.56 Å². The third-order valence-electron chi connectivity index (χ3n) is 6.97. The van der Waals surface area contributed by atoms with Gasteiger partial charge in [0.15, 0.2) is 0 Å². The molecule has 2 fully saturated rings. The maximum absolute atomic E-state index is 12.9. The second kappa shape index (κ2) is 9.31. The van der Waals surface area contributed by atoms with Crippen molar-refractivity contribution in [2.45, 2.75) is 44.9 Å². The fraction of sp³-hybridized carbons (Fsp3) is 0.385. The van der Waals surface area contributed by atoms with E-state index in [9.17, 15) is 9.59 Å². The van der Waals surface area contributed by atoms with Crippen LogP contribution in [0.15, 0.2) is 52.6 Å². The number of aryl methyl sites for hydroxylation is 1. The minimum atomic E-state index is -0.313. The van der Waals surface area contributed by atoms with Crippen LogP contribution >= 0.6 is 11.6 Å². The fourth-order valence-corrected chi connectivity index (χ4v) is 5.27. The molecular formula is C26H27ClN6O3. The van der Waals surface area contributed by atoms with Gasteiger partial charge in [0.2, 0.25) is 0 Å². The Bertz CT molecular complexity index is 1560. The van der Waals surface area contributed by atoms with Gasteiger partial charge in [-0.3, -0.25) is 13.9 Å². The summed E-state index contributed by atoms with van der Waals surface area (Å²) in [4.78, 5) is 30.1. The molecule has 1 N–H and O–H groups in total. The highest BCUT2D eigenvalue weighted by atomic mass is 35.5. The van der Waals surface area contributed by atoms with Crippen LogP contribution < -0.4 is 16.6 Å². The van der Waals surface area contributed by atoms with Crippen LogP contribution in [0.1, 0.15) is 35.6 Å². The van der Waals surface area contributed by atoms with Crippen molar-refractivity contribution in [1.82, 2.24) is 29.0 Å². The summed E-state index contributed by atoms with van der Waals surface area (Å²) < 4.78 is 10.7. The molecule has 0 spiro atoms. The molecule has 186 valence electrons. The number of halogens is 1. The van der Waals surface area contributed by atoms with Gasteiger partial charge in [-0.05, 0) is 54.7 Å². The summed E-state index contributed by atoms with van der Waals surface area (Å²) in [6.07, 6.45) is 7.69. The van der Waals surface area contributed by atoms with Gasteiger partial charge in [0, 0.05) is 54.6 Å². The molecule has 0 amide bonds. The van der Waals surface area contributed by atoms with Crippen molar-refractivity contribution < 1.29 is 4.74 Å². The molecule has 4 heterocycles. The lowest BCUT2D eigenvalue weighted by atomic mass is 9.94. The molecule has 1 atom stereocenters. The van der Waals surface area contributed by atoms with Crippen LogP contribution in [0.5, 0.6) is 0 Å². The molecule has 1 aliphatic heterocycles. The van der Waals surface area contributed by atoms with Crippen molar-refractivity contribution in [1.29, 1.82) is 0 Å². The summed E-state index contributed by atoms with van der Waals surface area (Å²) in [5.41, 5.74) is 4.87. The first-order valence-corrected chi connectivity index (χ1v) is 12.6. The van der Waals surface area contributed by atoms with E-state index in [0.717, 1.165) is 65.8 Å². The van der Waals surface area contributed by atoms with Crippen LogP contribution in [-0.4, -0.2) is 49.5 Å². The molecule has 0 unspecified atom stereocenters. The Balaban J connectivity index is 1.41. The smallest absolute Gasteiger partial charge is 0.331 e. The third kappa shape index (κ3) is 4.38. The van der Waals surface area contributed by atoms with Crippen molar-refractivity contribution in [2.24, 2.45) is 0 Å². The van der Waals surface area contributed by atoms with E-state index in [1.165, 1.54) is 17.0 Å². The number of hydrogen-bond acceptors (Lipinski definition) is 6. The summed E-state index contributed by atoms with van der Waals surface area (Å²) in [6.45, 7) is 4.55. The first-order chi connectivity index (χ1) is 17.5. The van der Waals surface area contributed by atoms with Gasteiger partial charge in [-0.15, -0.1) is 0 Å². The molecular weight excluding hydrogens is 480 g/mol. The minimum absolute atomic E-state index is 0.0659. The molecule has 3 aromatic heterocycles. The first-order valence-electron chi connectivity index (χ1n) is 12.2. The Kier molecular flexibility index (Phi) is 5.99. The number of aromatic nitrogens is 5. The maximum Gasteiger partial charge on any atom is 0.331 e. The van der Waals surface area contributed by atoms with Crippen LogP contribution in [0.25, 0.3) is 16.8 Å². The zero-order chi connectivity index (χ0) is 24.8. The average molecular weight is 507 g/mol. The zero-order valence-electron chi connectivity index (χ0n) is 20.0. The number of nitrogens with one attached hydrogen (secondary N) is 1. The van der Waals surface area contributed by atoms with Crippen molar-refractivity contribution in [2.75, 3.05) is 19.7 Å². The number of ether oxygens (including phenoxy) is 1. The topological polar surface area (TPSA) is 95.5 Å². The molecule has 9 nitrogen and oxygen atoms in total. The van der Waals surface area contributed by atoms with Gasteiger partial charge >= 0.3 is 5.69 Å². The second-order valence-corrected chi connectivity index (χ2v) is 10.0. The average Bonchev–Trinajstić information content (AvgIpc) is 3.62. The van der Waals surface area contributed by atoms with E-state index >= 15 is 0 Å². The van der Waals surface area contributed by atoms with Gasteiger partial charge in [-0.1, -0.05) is 11.6 Å². The Hall–Kier alpha value is -3.27. The van der Waals surface area contributed by atoms with E-state index in [-0.39, 0.29) is 29.9 Å². The van der Waals surface area contributed by atoms with Crippen LogP contribution in [0.4, 0.5) is 0 Å². The molecule has 10 heteroatoms. The number of fused-ring (bicyclic) bond motifs is 1. The second-order valence-electron chi connectivity index (χ2n) is 9.60. The minimum Gasteiger partial charge on any atom is -0.375 e. The molecule has 1 aliphatic carbocycles. The Morgan fingerprint density at radius 2 is 2.08 bits per heavy atom. The normalized spacial score (nSPS) is 18.1. The monoisotopic (exact) mass is 506 g/mol. The summed E-state index contributed by atoms with van der Waals surface area (Å²) in [5.74, 6) is 0. The quantitative estimate of drug-likeness (QED) is 0.432. The van der Waals surface area contributed by atoms with Crippen LogP contribution in [0, 0.1) is 6.92 Å². The zero-order valence-corrected chi connectivity index (χ0v) is 20.7. The number of rotatable bonds is 6. The van der Waals surface area contributed by atoms with Gasteiger partial charge < -0.3 is 10.1 Å². The SMILES string of the molecule is Cc1cc(Cl)cc(-c2ncnn3cc(Cn4c(=O)ccn(C5CC5)c4=O)cc23)c1C[C@@H]1CNCCO1. The van der Waals surface area contributed by atoms with Gasteiger partial charge in [0.1, 0.15) is 6.33 Å². The number of nitrogens with zero attached hydrogens (tertiary/aromatic N) is 5. The lowest BCUT2D eigenvalue weighted by Crippen LogP contribution is -2.39. The Morgan fingerprint density at radius 1 is 1.22 bits per heavy atom. The predicted molar refractivity (Wildman–Crippen MR) is 137 cm³/mol. The largest absolute Gasteiger partial charge is 0.375 e. The molecule has 0 bridgehead atoms. The van der Waals surface area contributed by atoms with Crippen molar-refractivity contribution in [3.63, 3.8) is 0 Å². The fourth-order valence-electron chi connectivity index (χ4n) is 5.00. The van der Waals surface area contributed by atoms with E-state index in [4.69, 9.17) is 16.3 Å². The predicted octanol–water partition coefficient (Wildman–Crippen LogP) is 2.60. The van der Waals surface area contributed by atoms with E-state index in [1.54, 1.807) is 15.3 Å². The molecule has 1 saturated heterocycles. The van der Waals surface area contributed by atoms with E-state index < -0.39 is 0 Å². The first kappa shape index (κ1) is 23.1. The summed E-state index contributed by atoms with van der Waals surface area (Å²) in [6, 6.07) is 7.50. The highest BCUT2D eigenvalue weighted by molar-refractivity contribution is 6.31. The van der Waals surface area contributed by atoms with Gasteiger partial charge in [-0.2, -0.15) is 5.10 Å². The lowest BCUT2D eigenvalue weighted by molar-refractivity contribution is 0.0292. The molecule has 0 radical (unpaired) electrons. The van der Waals surface area contributed by atoms with Crippen LogP contribution in [0.2, 0.25) is 5.02 Å². The summed E-state index contributed by atoms with van der Waals surface area (Å²) >= 11 is 6.49. The summed E-state index contributed by atoms with van der Waals surface area (Å²) in [5, 5.41) is 8.41. The summed E-state index contributed by atoms with van der Waals surface area (Å²) in [7, 11) is 0. The van der Waals surface area contributed by atoms with E-state index in [2.05, 4.69) is 22.3 Å². The molecule has 6 rings (SSSR count). The Morgan fingerprint density at radius 3 is 2.86 bits per heavy atom. The van der Waals surface area contributed by atoms with Crippen LogP contribution in [-0.2, 0) is 17.7 Å². The van der Waals surface area contributed by atoms with Gasteiger partial charge in [0.05, 0.1) is 30.5 Å². The standard InChI is InChI=1S/C26H27ClN6O3/c1-16-8-18(27)10-22(21(16)11-20-12-28-5-7-36-20)25-23-9-17(14-33(23)30-15-29-25)13-32-24(34)4-6-31(26(32)35)19-2-3-19/h4,6,8-10,14-15,19-20,28H,2-3,5,7,11-13H2,1H3/t20-/m1/s1. The van der Waals surface area contributed by atoms with Crippen molar-refractivity contribution >= 4 is 17.1 Å². The van der Waals surface area contributed by atoms with Crippen molar-refractivity contribution in [3.05, 3.63) is 85.5 Å². The van der Waals surface area contributed by atoms with Crippen LogP contribution in [0.3, 0.4) is 0 Å². The molecule has 1 aromatic carbocycles. The number of hydrogen-bond donors (Lipinski definition) is 1. The Labute approximate surface area is 212 Å². The third-order valence-corrected chi connectivity index (χ3v) is 7.19. The number of morpholine rings is 1. The molecule has 1 saturated carbocycles. The molecule has 4 aromatic rings.